The van der Waals surface area contributed by atoms with Crippen LogP contribution in [0.2, 0.25) is 0 Å². The average molecular weight is 299 g/mol. The number of azide groups is 1. The van der Waals surface area contributed by atoms with Gasteiger partial charge in [-0.2, -0.15) is 0 Å². The number of fused-ring (bicyclic) bond motifs is 1. The van der Waals surface area contributed by atoms with Crippen molar-refractivity contribution in [2.75, 3.05) is 0 Å². The summed E-state index contributed by atoms with van der Waals surface area (Å²) in [6.07, 6.45) is 0.578. The Hall–Kier alpha value is -2.86. The number of imide groups is 1. The van der Waals surface area contributed by atoms with E-state index >= 15 is 0 Å². The van der Waals surface area contributed by atoms with Gasteiger partial charge in [-0.3, -0.25) is 19.7 Å². The molecule has 2 heterocycles. The molecule has 22 heavy (non-hydrogen) atoms. The molecular weight excluding hydrogens is 286 g/mol. The maximum absolute atomic E-state index is 12.5. The number of piperidine rings is 1. The Morgan fingerprint density at radius 2 is 2.18 bits per heavy atom. The summed E-state index contributed by atoms with van der Waals surface area (Å²) in [6, 6.07) is 4.69. The zero-order chi connectivity index (χ0) is 15.7. The van der Waals surface area contributed by atoms with Crippen LogP contribution in [0.5, 0.6) is 0 Å². The first kappa shape index (κ1) is 14.1. The molecule has 0 bridgehead atoms. The van der Waals surface area contributed by atoms with E-state index in [4.69, 9.17) is 5.53 Å². The Morgan fingerprint density at radius 3 is 2.91 bits per heavy atom. The van der Waals surface area contributed by atoms with Crippen molar-refractivity contribution in [3.63, 3.8) is 0 Å². The fourth-order valence-corrected chi connectivity index (χ4v) is 2.81. The molecule has 1 atom stereocenters. The molecule has 0 saturated carbocycles. The molecule has 0 spiro atoms. The van der Waals surface area contributed by atoms with Crippen molar-refractivity contribution in [1.82, 2.24) is 10.2 Å². The molecular formula is C14H13N5O3. The number of amides is 3. The van der Waals surface area contributed by atoms with Crippen LogP contribution in [-0.2, 0) is 22.7 Å². The van der Waals surface area contributed by atoms with E-state index in [0.29, 0.717) is 18.5 Å². The number of nitrogens with zero attached hydrogens (tertiary/aromatic N) is 4. The Labute approximate surface area is 125 Å². The number of hydrogen-bond donors (Lipinski definition) is 1. The van der Waals surface area contributed by atoms with Crippen LogP contribution >= 0.6 is 0 Å². The van der Waals surface area contributed by atoms with Crippen LogP contribution in [0.1, 0.15) is 34.3 Å². The van der Waals surface area contributed by atoms with Crippen molar-refractivity contribution in [1.29, 1.82) is 0 Å². The Kier molecular flexibility index (Phi) is 3.52. The number of rotatable bonds is 3. The molecule has 1 N–H and O–H groups in total. The van der Waals surface area contributed by atoms with Crippen molar-refractivity contribution in [3.05, 3.63) is 45.3 Å². The SMILES string of the molecule is [N-]=[N+]=NCc1ccc2c(c1)C(=O)N(C1CCC(=O)NC1=O)C2. The summed E-state index contributed by atoms with van der Waals surface area (Å²) in [5, 5.41) is 5.74. The first-order chi connectivity index (χ1) is 10.6. The number of carbonyl (C=O) groups excluding carboxylic acids is 3. The molecule has 3 rings (SSSR count). The third-order valence-corrected chi connectivity index (χ3v) is 3.91. The standard InChI is InChI=1S/C14H13N5O3/c15-18-16-6-8-1-2-9-7-19(14(22)10(9)5-8)11-3-4-12(20)17-13(11)21/h1-2,5,11H,3-4,6-7H2,(H,17,20,21). The number of hydrogen-bond acceptors (Lipinski definition) is 4. The monoisotopic (exact) mass is 299 g/mol. The summed E-state index contributed by atoms with van der Waals surface area (Å²) >= 11 is 0. The van der Waals surface area contributed by atoms with E-state index in [1.54, 1.807) is 18.2 Å². The van der Waals surface area contributed by atoms with Gasteiger partial charge in [0.05, 0.1) is 6.54 Å². The normalized spacial score (nSPS) is 20.5. The quantitative estimate of drug-likeness (QED) is 0.392. The average Bonchev–Trinajstić information content (AvgIpc) is 2.82. The van der Waals surface area contributed by atoms with Gasteiger partial charge in [0.2, 0.25) is 11.8 Å². The number of carbonyl (C=O) groups is 3. The lowest BCUT2D eigenvalue weighted by Crippen LogP contribution is -2.52. The molecule has 8 nitrogen and oxygen atoms in total. The topological polar surface area (TPSA) is 115 Å². The van der Waals surface area contributed by atoms with Crippen molar-refractivity contribution in [3.8, 4) is 0 Å². The van der Waals surface area contributed by atoms with Crippen molar-refractivity contribution < 1.29 is 14.4 Å². The summed E-state index contributed by atoms with van der Waals surface area (Å²) in [7, 11) is 0. The van der Waals surface area contributed by atoms with Gasteiger partial charge >= 0.3 is 0 Å². The zero-order valence-electron chi connectivity index (χ0n) is 11.7. The minimum absolute atomic E-state index is 0.176. The third kappa shape index (κ3) is 2.40. The fourth-order valence-electron chi connectivity index (χ4n) is 2.81. The fraction of sp³-hybridized carbons (Fsp3) is 0.357. The summed E-state index contributed by atoms with van der Waals surface area (Å²) in [5.41, 5.74) is 10.4. The lowest BCUT2D eigenvalue weighted by Gasteiger charge is -2.29. The van der Waals surface area contributed by atoms with E-state index in [1.165, 1.54) is 4.90 Å². The highest BCUT2D eigenvalue weighted by molar-refractivity contribution is 6.05. The van der Waals surface area contributed by atoms with Gasteiger partial charge in [-0.05, 0) is 29.1 Å². The molecule has 0 aromatic heterocycles. The molecule has 1 unspecified atom stereocenters. The lowest BCUT2D eigenvalue weighted by atomic mass is 10.0. The summed E-state index contributed by atoms with van der Waals surface area (Å²) in [6.45, 7) is 0.526. The first-order valence-electron chi connectivity index (χ1n) is 6.87. The van der Waals surface area contributed by atoms with Crippen LogP contribution in [0.15, 0.2) is 23.3 Å². The summed E-state index contributed by atoms with van der Waals surface area (Å²) in [5.74, 6) is -0.957. The van der Waals surface area contributed by atoms with Crippen LogP contribution < -0.4 is 5.32 Å². The van der Waals surface area contributed by atoms with Gasteiger partial charge in [-0.25, -0.2) is 0 Å². The highest BCUT2D eigenvalue weighted by atomic mass is 16.2. The second-order valence-corrected chi connectivity index (χ2v) is 5.28. The van der Waals surface area contributed by atoms with Crippen molar-refractivity contribution in [2.45, 2.75) is 32.0 Å². The van der Waals surface area contributed by atoms with Gasteiger partial charge < -0.3 is 4.90 Å². The molecule has 8 heteroatoms. The molecule has 1 saturated heterocycles. The Morgan fingerprint density at radius 1 is 1.36 bits per heavy atom. The zero-order valence-corrected chi connectivity index (χ0v) is 11.7. The van der Waals surface area contributed by atoms with E-state index in [2.05, 4.69) is 15.3 Å². The largest absolute Gasteiger partial charge is 0.322 e. The molecule has 0 aliphatic carbocycles. The Balaban J connectivity index is 1.83. The molecule has 0 radical (unpaired) electrons. The molecule has 2 aliphatic heterocycles. The van der Waals surface area contributed by atoms with E-state index in [-0.39, 0.29) is 24.8 Å². The predicted molar refractivity (Wildman–Crippen MR) is 75.3 cm³/mol. The highest BCUT2D eigenvalue weighted by Gasteiger charge is 2.38. The van der Waals surface area contributed by atoms with E-state index in [0.717, 1.165) is 11.1 Å². The van der Waals surface area contributed by atoms with Gasteiger partial charge in [0.1, 0.15) is 6.04 Å². The molecule has 3 amide bonds. The van der Waals surface area contributed by atoms with Gasteiger partial charge in [0.15, 0.2) is 0 Å². The van der Waals surface area contributed by atoms with Gasteiger partial charge in [0.25, 0.3) is 5.91 Å². The second-order valence-electron chi connectivity index (χ2n) is 5.28. The second kappa shape index (κ2) is 5.50. The molecule has 1 aromatic carbocycles. The van der Waals surface area contributed by atoms with E-state index in [9.17, 15) is 14.4 Å². The number of benzene rings is 1. The molecule has 112 valence electrons. The summed E-state index contributed by atoms with van der Waals surface area (Å²) < 4.78 is 0. The van der Waals surface area contributed by atoms with Crippen molar-refractivity contribution >= 4 is 17.7 Å². The minimum Gasteiger partial charge on any atom is -0.322 e. The van der Waals surface area contributed by atoms with Gasteiger partial charge in [-0.1, -0.05) is 17.2 Å². The van der Waals surface area contributed by atoms with Crippen LogP contribution in [0.25, 0.3) is 10.4 Å². The predicted octanol–water partition coefficient (Wildman–Crippen LogP) is 1.26. The molecule has 2 aliphatic rings. The first-order valence-corrected chi connectivity index (χ1v) is 6.87. The van der Waals surface area contributed by atoms with Crippen LogP contribution in [-0.4, -0.2) is 28.7 Å². The maximum Gasteiger partial charge on any atom is 0.255 e. The Bertz CT molecular complexity index is 723. The van der Waals surface area contributed by atoms with E-state index < -0.39 is 11.9 Å². The number of nitrogens with one attached hydrogen (secondary N) is 1. The smallest absolute Gasteiger partial charge is 0.255 e. The van der Waals surface area contributed by atoms with E-state index in [1.807, 2.05) is 0 Å². The highest BCUT2D eigenvalue weighted by Crippen LogP contribution is 2.28. The van der Waals surface area contributed by atoms with Crippen LogP contribution in [0.4, 0.5) is 0 Å². The maximum atomic E-state index is 12.5. The van der Waals surface area contributed by atoms with Crippen LogP contribution in [0.3, 0.4) is 0 Å². The van der Waals surface area contributed by atoms with Crippen LogP contribution in [0, 0.1) is 0 Å². The third-order valence-electron chi connectivity index (χ3n) is 3.91. The lowest BCUT2D eigenvalue weighted by molar-refractivity contribution is -0.136. The molecule has 1 fully saturated rings. The molecule has 1 aromatic rings. The minimum atomic E-state index is -0.613. The van der Waals surface area contributed by atoms with Crippen molar-refractivity contribution in [2.24, 2.45) is 5.11 Å². The van der Waals surface area contributed by atoms with Gasteiger partial charge in [0, 0.05) is 23.4 Å². The summed E-state index contributed by atoms with van der Waals surface area (Å²) in [4.78, 5) is 39.8. The van der Waals surface area contributed by atoms with Gasteiger partial charge in [-0.15, -0.1) is 0 Å².